The molecule has 4 nitrogen and oxygen atoms in total. The minimum atomic E-state index is -4.81. The minimum Gasteiger partial charge on any atom is -0.497 e. The summed E-state index contributed by atoms with van der Waals surface area (Å²) in [7, 11) is 1.54. The maximum absolute atomic E-state index is 12.6. The molecule has 2 aromatic carbocycles. The molecule has 0 aliphatic carbocycles. The Morgan fingerprint density at radius 1 is 0.958 bits per heavy atom. The molecule has 0 aromatic heterocycles. The molecule has 0 fully saturated rings. The van der Waals surface area contributed by atoms with Gasteiger partial charge in [-0.2, -0.15) is 0 Å². The Morgan fingerprint density at radius 3 is 2.12 bits per heavy atom. The predicted molar refractivity (Wildman–Crippen MR) is 86.9 cm³/mol. The summed E-state index contributed by atoms with van der Waals surface area (Å²) in [6, 6.07) is 11.3. The summed E-state index contributed by atoms with van der Waals surface area (Å²) < 4.78 is 52.0. The molecule has 0 unspecified atom stereocenters. The molecule has 0 amide bonds. The lowest BCUT2D eigenvalue weighted by Crippen LogP contribution is -2.18. The maximum atomic E-state index is 12.6. The van der Waals surface area contributed by atoms with Crippen LogP contribution in [0.5, 0.6) is 17.2 Å². The van der Waals surface area contributed by atoms with Crippen molar-refractivity contribution in [2.24, 2.45) is 5.73 Å². The number of halogens is 4. The molecule has 0 bridgehead atoms. The largest absolute Gasteiger partial charge is 0.573 e. The van der Waals surface area contributed by atoms with Crippen LogP contribution in [0, 0.1) is 0 Å². The van der Waals surface area contributed by atoms with E-state index in [1.807, 2.05) is 0 Å². The fraction of sp³-hybridized carbons (Fsp3) is 0.250. The van der Waals surface area contributed by atoms with Crippen molar-refractivity contribution in [2.45, 2.75) is 6.36 Å². The van der Waals surface area contributed by atoms with E-state index in [1.165, 1.54) is 19.2 Å². The highest BCUT2D eigenvalue weighted by Gasteiger charge is 2.32. The third kappa shape index (κ3) is 5.50. The molecule has 0 aliphatic rings. The van der Waals surface area contributed by atoms with Gasteiger partial charge in [-0.1, -0.05) is 18.2 Å². The third-order valence-electron chi connectivity index (χ3n) is 2.97. The van der Waals surface area contributed by atoms with Crippen LogP contribution in [-0.4, -0.2) is 26.6 Å². The molecule has 0 radical (unpaired) electrons. The van der Waals surface area contributed by atoms with Gasteiger partial charge in [0.2, 0.25) is 0 Å². The van der Waals surface area contributed by atoms with Gasteiger partial charge in [0.15, 0.2) is 11.5 Å². The maximum Gasteiger partial charge on any atom is 0.573 e. The number of rotatable bonds is 6. The van der Waals surface area contributed by atoms with E-state index in [1.54, 1.807) is 30.3 Å². The molecule has 24 heavy (non-hydrogen) atoms. The second-order valence-electron chi connectivity index (χ2n) is 4.57. The van der Waals surface area contributed by atoms with Gasteiger partial charge >= 0.3 is 6.36 Å². The zero-order valence-electron chi connectivity index (χ0n) is 12.8. The van der Waals surface area contributed by atoms with Crippen LogP contribution in [0.4, 0.5) is 13.2 Å². The van der Waals surface area contributed by atoms with Gasteiger partial charge in [0.25, 0.3) is 0 Å². The highest BCUT2D eigenvalue weighted by atomic mass is 35.5. The van der Waals surface area contributed by atoms with Crippen molar-refractivity contribution in [1.29, 1.82) is 0 Å². The Kier molecular flexibility index (Phi) is 7.18. The van der Waals surface area contributed by atoms with Crippen molar-refractivity contribution in [3.8, 4) is 28.4 Å². The van der Waals surface area contributed by atoms with Crippen LogP contribution in [-0.2, 0) is 0 Å². The molecule has 8 heteroatoms. The summed E-state index contributed by atoms with van der Waals surface area (Å²) in [5.41, 5.74) is 6.59. The van der Waals surface area contributed by atoms with Crippen LogP contribution in [0.25, 0.3) is 11.1 Å². The van der Waals surface area contributed by atoms with Crippen LogP contribution in [0.15, 0.2) is 42.5 Å². The molecule has 2 aromatic rings. The van der Waals surface area contributed by atoms with E-state index in [4.69, 9.17) is 15.2 Å². The standard InChI is InChI=1S/C16H16F3NO3.ClH/c1-21-13-5-2-11(3-6-13)12-4-7-14(22-9-8-20)15(10-12)23-16(17,18)19;/h2-7,10H,8-9,20H2,1H3;1H. The molecule has 0 saturated heterocycles. The van der Waals surface area contributed by atoms with Gasteiger partial charge in [-0.15, -0.1) is 25.6 Å². The number of ether oxygens (including phenoxy) is 3. The van der Waals surface area contributed by atoms with Crippen molar-refractivity contribution >= 4 is 12.4 Å². The zero-order valence-corrected chi connectivity index (χ0v) is 13.6. The highest BCUT2D eigenvalue weighted by molar-refractivity contribution is 5.85. The second-order valence-corrected chi connectivity index (χ2v) is 4.57. The van der Waals surface area contributed by atoms with Gasteiger partial charge < -0.3 is 19.9 Å². The summed E-state index contributed by atoms with van der Waals surface area (Å²) in [6.45, 7) is 0.280. The lowest BCUT2D eigenvalue weighted by atomic mass is 10.1. The van der Waals surface area contributed by atoms with Crippen molar-refractivity contribution in [3.05, 3.63) is 42.5 Å². The number of hydrogen-bond donors (Lipinski definition) is 1. The van der Waals surface area contributed by atoms with Gasteiger partial charge in [0.05, 0.1) is 7.11 Å². The smallest absolute Gasteiger partial charge is 0.497 e. The molecular weight excluding hydrogens is 347 g/mol. The van der Waals surface area contributed by atoms with Gasteiger partial charge in [-0.3, -0.25) is 0 Å². The zero-order chi connectivity index (χ0) is 16.9. The molecule has 0 saturated carbocycles. The number of benzene rings is 2. The van der Waals surface area contributed by atoms with E-state index < -0.39 is 12.1 Å². The second kappa shape index (κ2) is 8.65. The Balaban J connectivity index is 0.00000288. The van der Waals surface area contributed by atoms with Gasteiger partial charge in [0, 0.05) is 6.54 Å². The Morgan fingerprint density at radius 2 is 1.58 bits per heavy atom. The fourth-order valence-corrected chi connectivity index (χ4v) is 1.96. The minimum absolute atomic E-state index is 0. The fourth-order valence-electron chi connectivity index (χ4n) is 1.96. The lowest BCUT2D eigenvalue weighted by Gasteiger charge is -2.15. The molecule has 0 heterocycles. The topological polar surface area (TPSA) is 53.7 Å². The number of alkyl halides is 3. The number of methoxy groups -OCH3 is 1. The molecule has 2 rings (SSSR count). The summed E-state index contributed by atoms with van der Waals surface area (Å²) in [4.78, 5) is 0. The first kappa shape index (κ1) is 19.9. The third-order valence-corrected chi connectivity index (χ3v) is 2.97. The summed E-state index contributed by atoms with van der Waals surface area (Å²) >= 11 is 0. The first-order valence-corrected chi connectivity index (χ1v) is 6.80. The molecule has 0 atom stereocenters. The average molecular weight is 364 g/mol. The number of nitrogens with two attached hydrogens (primary N) is 1. The van der Waals surface area contributed by atoms with Crippen molar-refractivity contribution in [3.63, 3.8) is 0 Å². The van der Waals surface area contributed by atoms with E-state index >= 15 is 0 Å². The molecule has 0 aliphatic heterocycles. The predicted octanol–water partition coefficient (Wildman–Crippen LogP) is 4.02. The average Bonchev–Trinajstić information content (AvgIpc) is 2.52. The van der Waals surface area contributed by atoms with Crippen LogP contribution >= 0.6 is 12.4 Å². The normalized spacial score (nSPS) is 10.7. The Labute approximate surface area is 143 Å². The lowest BCUT2D eigenvalue weighted by molar-refractivity contribution is -0.275. The Bertz CT molecular complexity index is 648. The highest BCUT2D eigenvalue weighted by Crippen LogP contribution is 2.36. The van der Waals surface area contributed by atoms with Crippen LogP contribution in [0.3, 0.4) is 0 Å². The Hall–Kier alpha value is -2.12. The van der Waals surface area contributed by atoms with Crippen LogP contribution in [0.2, 0.25) is 0 Å². The summed E-state index contributed by atoms with van der Waals surface area (Å²) in [6.07, 6.45) is -4.81. The molecule has 2 N–H and O–H groups in total. The SMILES string of the molecule is COc1ccc(-c2ccc(OCCN)c(OC(F)(F)F)c2)cc1.Cl. The molecule has 132 valence electrons. The van der Waals surface area contributed by atoms with Gasteiger partial charge in [-0.25, -0.2) is 0 Å². The quantitative estimate of drug-likeness (QED) is 0.842. The van der Waals surface area contributed by atoms with Crippen molar-refractivity contribution < 1.29 is 27.4 Å². The van der Waals surface area contributed by atoms with Crippen molar-refractivity contribution in [1.82, 2.24) is 0 Å². The molecular formula is C16H17ClF3NO3. The van der Waals surface area contributed by atoms with E-state index in [2.05, 4.69) is 4.74 Å². The van der Waals surface area contributed by atoms with Crippen LogP contribution in [0.1, 0.15) is 0 Å². The van der Waals surface area contributed by atoms with E-state index in [0.717, 1.165) is 5.56 Å². The van der Waals surface area contributed by atoms with Gasteiger partial charge in [-0.05, 0) is 35.4 Å². The van der Waals surface area contributed by atoms with E-state index in [0.29, 0.717) is 11.3 Å². The van der Waals surface area contributed by atoms with Gasteiger partial charge in [0.1, 0.15) is 12.4 Å². The first-order valence-electron chi connectivity index (χ1n) is 6.80. The van der Waals surface area contributed by atoms with E-state index in [9.17, 15) is 13.2 Å². The summed E-state index contributed by atoms with van der Waals surface area (Å²) in [5.74, 6) is 0.243. The van der Waals surface area contributed by atoms with Crippen molar-refractivity contribution in [2.75, 3.05) is 20.3 Å². The number of hydrogen-bond acceptors (Lipinski definition) is 4. The molecule has 0 spiro atoms. The summed E-state index contributed by atoms with van der Waals surface area (Å²) in [5, 5.41) is 0. The first-order chi connectivity index (χ1) is 10.9. The van der Waals surface area contributed by atoms with E-state index in [-0.39, 0.29) is 31.3 Å². The monoisotopic (exact) mass is 363 g/mol. The van der Waals surface area contributed by atoms with Crippen LogP contribution < -0.4 is 19.9 Å².